The summed E-state index contributed by atoms with van der Waals surface area (Å²) >= 11 is 0. The first-order valence-corrected chi connectivity index (χ1v) is 6.53. The van der Waals surface area contributed by atoms with Crippen LogP contribution in [-0.4, -0.2) is 21.4 Å². The molecule has 0 bridgehead atoms. The van der Waals surface area contributed by atoms with Gasteiger partial charge in [0.05, 0.1) is 11.8 Å². The van der Waals surface area contributed by atoms with E-state index in [9.17, 15) is 18.3 Å². The van der Waals surface area contributed by atoms with Crippen molar-refractivity contribution in [3.63, 3.8) is 0 Å². The summed E-state index contributed by atoms with van der Waals surface area (Å²) in [6.07, 6.45) is -3.29. The summed E-state index contributed by atoms with van der Waals surface area (Å²) in [4.78, 5) is 0. The Bertz CT molecular complexity index is 674. The number of aliphatic hydroxyl groups excluding tert-OH is 1. The van der Waals surface area contributed by atoms with Gasteiger partial charge in [-0.3, -0.25) is 5.10 Å². The third-order valence-electron chi connectivity index (χ3n) is 3.49. The average molecular weight is 294 g/mol. The molecule has 0 saturated heterocycles. The van der Waals surface area contributed by atoms with E-state index in [2.05, 4.69) is 10.2 Å². The lowest BCUT2D eigenvalue weighted by atomic mass is 9.88. The Morgan fingerprint density at radius 3 is 2.57 bits per heavy atom. The fourth-order valence-electron chi connectivity index (χ4n) is 2.60. The molecule has 0 fully saturated rings. The van der Waals surface area contributed by atoms with Crippen molar-refractivity contribution in [2.75, 3.05) is 0 Å². The summed E-state index contributed by atoms with van der Waals surface area (Å²) in [5, 5.41) is 15.7. The maximum atomic E-state index is 12.9. The fraction of sp³-hybridized carbons (Fsp3) is 0.267. The Hall–Kier alpha value is -2.08. The van der Waals surface area contributed by atoms with E-state index in [1.54, 1.807) is 6.08 Å². The van der Waals surface area contributed by atoms with Crippen molar-refractivity contribution in [3.05, 3.63) is 52.8 Å². The number of H-pyrrole nitrogens is 1. The predicted octanol–water partition coefficient (Wildman–Crippen LogP) is 3.28. The number of aromatic nitrogens is 2. The highest BCUT2D eigenvalue weighted by atomic mass is 19.4. The molecule has 1 heterocycles. The molecule has 6 heteroatoms. The molecule has 0 spiro atoms. The van der Waals surface area contributed by atoms with E-state index in [0.717, 1.165) is 5.56 Å². The van der Waals surface area contributed by atoms with Gasteiger partial charge in [-0.15, -0.1) is 0 Å². The van der Waals surface area contributed by atoms with Crippen LogP contribution in [0.3, 0.4) is 0 Å². The standard InChI is InChI=1S/C15H13F3N2O/c16-15(17,18)14-12-8-11(21)7-10(13(12)19-20-14)6-9-4-2-1-3-5-9/h1-6,11,21H,7-8H2,(H,19,20). The quantitative estimate of drug-likeness (QED) is 0.848. The van der Waals surface area contributed by atoms with Gasteiger partial charge in [0.25, 0.3) is 0 Å². The molecule has 0 aliphatic heterocycles. The van der Waals surface area contributed by atoms with Crippen LogP contribution in [0.1, 0.15) is 28.9 Å². The van der Waals surface area contributed by atoms with E-state index in [-0.39, 0.29) is 12.0 Å². The molecule has 0 amide bonds. The van der Waals surface area contributed by atoms with Gasteiger partial charge in [-0.2, -0.15) is 18.3 Å². The number of hydrogen-bond donors (Lipinski definition) is 2. The predicted molar refractivity (Wildman–Crippen MR) is 72.2 cm³/mol. The number of halogens is 3. The van der Waals surface area contributed by atoms with Crippen molar-refractivity contribution in [2.24, 2.45) is 0 Å². The van der Waals surface area contributed by atoms with Gasteiger partial charge >= 0.3 is 6.18 Å². The number of nitrogens with one attached hydrogen (secondary N) is 1. The van der Waals surface area contributed by atoms with Crippen molar-refractivity contribution >= 4 is 11.6 Å². The zero-order valence-electron chi connectivity index (χ0n) is 11.0. The highest BCUT2D eigenvalue weighted by Crippen LogP contribution is 2.38. The topological polar surface area (TPSA) is 48.9 Å². The van der Waals surface area contributed by atoms with Gasteiger partial charge in [-0.25, -0.2) is 0 Å². The molecule has 2 N–H and O–H groups in total. The van der Waals surface area contributed by atoms with Crippen LogP contribution in [0.4, 0.5) is 13.2 Å². The highest BCUT2D eigenvalue weighted by molar-refractivity contribution is 5.82. The van der Waals surface area contributed by atoms with E-state index >= 15 is 0 Å². The number of aromatic amines is 1. The molecule has 0 radical (unpaired) electrons. The van der Waals surface area contributed by atoms with Crippen LogP contribution in [0.25, 0.3) is 11.6 Å². The van der Waals surface area contributed by atoms with Gasteiger partial charge < -0.3 is 5.11 Å². The SMILES string of the molecule is OC1CC(=Cc2ccccc2)c2n[nH]c(C(F)(F)F)c2C1. The molecular formula is C15H13F3N2O. The minimum absolute atomic E-state index is 0.0349. The van der Waals surface area contributed by atoms with Crippen LogP contribution in [0.15, 0.2) is 30.3 Å². The zero-order chi connectivity index (χ0) is 15.0. The lowest BCUT2D eigenvalue weighted by Gasteiger charge is -2.20. The Labute approximate surface area is 119 Å². The monoisotopic (exact) mass is 294 g/mol. The van der Waals surface area contributed by atoms with E-state index < -0.39 is 18.0 Å². The second kappa shape index (κ2) is 5.04. The van der Waals surface area contributed by atoms with Gasteiger partial charge in [0.2, 0.25) is 0 Å². The van der Waals surface area contributed by atoms with Crippen LogP contribution >= 0.6 is 0 Å². The molecule has 1 aliphatic rings. The maximum Gasteiger partial charge on any atom is 0.433 e. The van der Waals surface area contributed by atoms with Gasteiger partial charge in [-0.1, -0.05) is 30.3 Å². The molecule has 0 saturated carbocycles. The molecule has 1 aromatic heterocycles. The number of alkyl halides is 3. The molecule has 3 nitrogen and oxygen atoms in total. The number of aliphatic hydroxyl groups is 1. The van der Waals surface area contributed by atoms with Gasteiger partial charge in [-0.05, 0) is 17.2 Å². The minimum Gasteiger partial charge on any atom is -0.392 e. The van der Waals surface area contributed by atoms with Gasteiger partial charge in [0.1, 0.15) is 5.69 Å². The van der Waals surface area contributed by atoms with Gasteiger partial charge in [0, 0.05) is 18.4 Å². The largest absolute Gasteiger partial charge is 0.433 e. The Morgan fingerprint density at radius 2 is 1.90 bits per heavy atom. The van der Waals surface area contributed by atoms with Crippen molar-refractivity contribution in [3.8, 4) is 0 Å². The first kappa shape index (κ1) is 13.9. The minimum atomic E-state index is -4.49. The molecule has 2 aromatic rings. The second-order valence-electron chi connectivity index (χ2n) is 5.07. The third-order valence-corrected chi connectivity index (χ3v) is 3.49. The molecule has 3 rings (SSSR count). The zero-order valence-corrected chi connectivity index (χ0v) is 11.0. The van der Waals surface area contributed by atoms with Crippen LogP contribution in [-0.2, 0) is 12.6 Å². The number of nitrogens with zero attached hydrogens (tertiary/aromatic N) is 1. The summed E-state index contributed by atoms with van der Waals surface area (Å²) in [6.45, 7) is 0. The molecule has 110 valence electrons. The Kier molecular flexibility index (Phi) is 3.33. The Morgan fingerprint density at radius 1 is 1.19 bits per heavy atom. The van der Waals surface area contributed by atoms with E-state index in [1.807, 2.05) is 30.3 Å². The van der Waals surface area contributed by atoms with Crippen molar-refractivity contribution in [1.29, 1.82) is 0 Å². The average Bonchev–Trinajstić information content (AvgIpc) is 2.83. The molecule has 1 atom stereocenters. The van der Waals surface area contributed by atoms with Gasteiger partial charge in [0.15, 0.2) is 0 Å². The fourth-order valence-corrected chi connectivity index (χ4v) is 2.60. The normalized spacial score (nSPS) is 20.6. The molecule has 1 unspecified atom stereocenters. The number of fused-ring (bicyclic) bond motifs is 1. The lowest BCUT2D eigenvalue weighted by molar-refractivity contribution is -0.141. The van der Waals surface area contributed by atoms with Crippen molar-refractivity contribution in [1.82, 2.24) is 10.2 Å². The molecule has 1 aliphatic carbocycles. The molecule has 1 aromatic carbocycles. The maximum absolute atomic E-state index is 12.9. The van der Waals surface area contributed by atoms with Crippen molar-refractivity contribution < 1.29 is 18.3 Å². The molecule has 21 heavy (non-hydrogen) atoms. The lowest BCUT2D eigenvalue weighted by Crippen LogP contribution is -2.20. The van der Waals surface area contributed by atoms with Crippen LogP contribution in [0, 0.1) is 0 Å². The highest BCUT2D eigenvalue weighted by Gasteiger charge is 2.39. The van der Waals surface area contributed by atoms with Crippen molar-refractivity contribution in [2.45, 2.75) is 25.1 Å². The molecular weight excluding hydrogens is 281 g/mol. The first-order chi connectivity index (χ1) is 9.95. The number of hydrogen-bond acceptors (Lipinski definition) is 2. The van der Waals surface area contributed by atoms with E-state index in [0.29, 0.717) is 17.7 Å². The summed E-state index contributed by atoms with van der Waals surface area (Å²) in [5.74, 6) is 0. The third kappa shape index (κ3) is 2.71. The second-order valence-corrected chi connectivity index (χ2v) is 5.07. The number of benzene rings is 1. The summed E-state index contributed by atoms with van der Waals surface area (Å²) in [7, 11) is 0. The Balaban J connectivity index is 2.07. The smallest absolute Gasteiger partial charge is 0.392 e. The summed E-state index contributed by atoms with van der Waals surface area (Å²) < 4.78 is 38.8. The van der Waals surface area contributed by atoms with Crippen LogP contribution < -0.4 is 0 Å². The first-order valence-electron chi connectivity index (χ1n) is 6.53. The van der Waals surface area contributed by atoms with Crippen LogP contribution in [0.5, 0.6) is 0 Å². The van der Waals surface area contributed by atoms with Crippen LogP contribution in [0.2, 0.25) is 0 Å². The van der Waals surface area contributed by atoms with E-state index in [4.69, 9.17) is 0 Å². The summed E-state index contributed by atoms with van der Waals surface area (Å²) in [5.41, 5.74) is 0.959. The summed E-state index contributed by atoms with van der Waals surface area (Å²) in [6, 6.07) is 9.26. The van der Waals surface area contributed by atoms with E-state index in [1.165, 1.54) is 0 Å². The number of rotatable bonds is 1.